The molecule has 0 aliphatic heterocycles. The summed E-state index contributed by atoms with van der Waals surface area (Å²) in [5.41, 5.74) is 0. The molecule has 406 valence electrons. The normalized spacial score (nSPS) is 14.9. The van der Waals surface area contributed by atoms with Gasteiger partial charge in [-0.15, -0.1) is 0 Å². The van der Waals surface area contributed by atoms with Crippen LogP contribution >= 0.6 is 7.82 Å². The van der Waals surface area contributed by atoms with Crippen molar-refractivity contribution in [3.63, 3.8) is 0 Å². The summed E-state index contributed by atoms with van der Waals surface area (Å²) < 4.78 is 23.3. The summed E-state index contributed by atoms with van der Waals surface area (Å²) in [5, 5.41) is 14.0. The van der Waals surface area contributed by atoms with Gasteiger partial charge in [0.2, 0.25) is 5.91 Å². The number of likely N-dealkylation sites (N-methyl/N-ethyl adjacent to an activating group) is 1. The van der Waals surface area contributed by atoms with Gasteiger partial charge >= 0.3 is 0 Å². The number of allylic oxidation sites excluding steroid dienone is 20. The van der Waals surface area contributed by atoms with Crippen molar-refractivity contribution in [2.24, 2.45) is 0 Å². The number of carbonyl (C=O) groups is 1. The Hall–Kier alpha value is -3.10. The Labute approximate surface area is 437 Å². The number of hydrogen-bond acceptors (Lipinski definition) is 6. The first kappa shape index (κ1) is 67.9. The van der Waals surface area contributed by atoms with Crippen molar-refractivity contribution < 1.29 is 32.9 Å². The van der Waals surface area contributed by atoms with Crippen molar-refractivity contribution in [1.82, 2.24) is 5.32 Å². The first-order valence-corrected chi connectivity index (χ1v) is 29.8. The third-order valence-electron chi connectivity index (χ3n) is 12.0. The van der Waals surface area contributed by atoms with Crippen molar-refractivity contribution in [1.29, 1.82) is 0 Å². The molecule has 8 nitrogen and oxygen atoms in total. The molecule has 0 aromatic carbocycles. The molecule has 9 heteroatoms. The van der Waals surface area contributed by atoms with Gasteiger partial charge in [0.05, 0.1) is 39.9 Å². The number of rotatable bonds is 50. The van der Waals surface area contributed by atoms with Crippen LogP contribution < -0.4 is 10.2 Å². The maximum atomic E-state index is 13.0. The summed E-state index contributed by atoms with van der Waals surface area (Å²) in [4.78, 5) is 25.5. The maximum absolute atomic E-state index is 13.0. The van der Waals surface area contributed by atoms with E-state index in [-0.39, 0.29) is 19.1 Å². The Morgan fingerprint density at radius 2 is 0.859 bits per heavy atom. The van der Waals surface area contributed by atoms with E-state index in [1.807, 2.05) is 21.1 Å². The lowest BCUT2D eigenvalue weighted by Crippen LogP contribution is -2.46. The van der Waals surface area contributed by atoms with Crippen molar-refractivity contribution in [3.8, 4) is 0 Å². The molecule has 0 bridgehead atoms. The second-order valence-electron chi connectivity index (χ2n) is 19.9. The number of amides is 1. The number of carbonyl (C=O) groups excluding carboxylic acids is 1. The van der Waals surface area contributed by atoms with Crippen LogP contribution in [0.25, 0.3) is 0 Å². The van der Waals surface area contributed by atoms with E-state index in [2.05, 4.69) is 141 Å². The molecule has 0 saturated heterocycles. The first-order chi connectivity index (χ1) is 34.5. The zero-order valence-electron chi connectivity index (χ0n) is 46.1. The van der Waals surface area contributed by atoms with Crippen LogP contribution in [0.15, 0.2) is 122 Å². The van der Waals surface area contributed by atoms with Gasteiger partial charge in [0, 0.05) is 6.42 Å². The Morgan fingerprint density at radius 1 is 0.507 bits per heavy atom. The van der Waals surface area contributed by atoms with Gasteiger partial charge in [0.25, 0.3) is 7.82 Å². The molecule has 3 unspecified atom stereocenters. The molecule has 0 aliphatic rings. The van der Waals surface area contributed by atoms with Crippen LogP contribution in [0.1, 0.15) is 213 Å². The molecule has 0 fully saturated rings. The van der Waals surface area contributed by atoms with E-state index in [0.29, 0.717) is 23.9 Å². The topological polar surface area (TPSA) is 108 Å². The van der Waals surface area contributed by atoms with Crippen LogP contribution in [0.4, 0.5) is 0 Å². The monoisotopic (exact) mass is 1010 g/mol. The summed E-state index contributed by atoms with van der Waals surface area (Å²) in [6.45, 7) is 4.57. The number of unbranched alkanes of at least 4 members (excludes halogenated alkanes) is 17. The lowest BCUT2D eigenvalue weighted by Gasteiger charge is -2.30. The Bertz CT molecular complexity index is 1560. The molecule has 0 aromatic rings. The molecule has 0 rings (SSSR count). The molecule has 0 radical (unpaired) electrons. The van der Waals surface area contributed by atoms with Crippen LogP contribution in [0.3, 0.4) is 0 Å². The molecule has 71 heavy (non-hydrogen) atoms. The van der Waals surface area contributed by atoms with Gasteiger partial charge in [0.1, 0.15) is 13.2 Å². The first-order valence-electron chi connectivity index (χ1n) is 28.4. The van der Waals surface area contributed by atoms with E-state index in [4.69, 9.17) is 9.05 Å². The highest BCUT2D eigenvalue weighted by Gasteiger charge is 2.24. The number of hydrogen-bond donors (Lipinski definition) is 2. The van der Waals surface area contributed by atoms with Gasteiger partial charge in [0.15, 0.2) is 0 Å². The highest BCUT2D eigenvalue weighted by Crippen LogP contribution is 2.38. The van der Waals surface area contributed by atoms with E-state index in [1.165, 1.54) is 70.6 Å². The van der Waals surface area contributed by atoms with Gasteiger partial charge in [-0.2, -0.15) is 0 Å². The predicted octanol–water partition coefficient (Wildman–Crippen LogP) is 16.7. The van der Waals surface area contributed by atoms with Crippen LogP contribution in [0.5, 0.6) is 0 Å². The average molecular weight is 1010 g/mol. The number of nitrogens with one attached hydrogen (secondary N) is 1. The fourth-order valence-electron chi connectivity index (χ4n) is 7.54. The lowest BCUT2D eigenvalue weighted by atomic mass is 10.0. The van der Waals surface area contributed by atoms with Crippen LogP contribution in [-0.4, -0.2) is 68.5 Å². The number of aliphatic hydroxyl groups is 1. The average Bonchev–Trinajstić information content (AvgIpc) is 3.33. The number of phosphoric ester groups is 1. The van der Waals surface area contributed by atoms with Crippen molar-refractivity contribution in [2.45, 2.75) is 225 Å². The van der Waals surface area contributed by atoms with E-state index < -0.39 is 20.0 Å². The van der Waals surface area contributed by atoms with E-state index in [0.717, 1.165) is 116 Å². The number of quaternary nitrogens is 1. The quantitative estimate of drug-likeness (QED) is 0.0272. The van der Waals surface area contributed by atoms with Gasteiger partial charge in [-0.1, -0.05) is 238 Å². The number of phosphoric acid groups is 1. The summed E-state index contributed by atoms with van der Waals surface area (Å²) in [7, 11) is 1.27. The van der Waals surface area contributed by atoms with Gasteiger partial charge in [-0.05, 0) is 89.9 Å². The molecule has 0 aromatic heterocycles. The van der Waals surface area contributed by atoms with Crippen LogP contribution in [0.2, 0.25) is 0 Å². The fourth-order valence-corrected chi connectivity index (χ4v) is 8.26. The second-order valence-corrected chi connectivity index (χ2v) is 21.3. The molecule has 0 heterocycles. The lowest BCUT2D eigenvalue weighted by molar-refractivity contribution is -0.870. The van der Waals surface area contributed by atoms with Crippen LogP contribution in [-0.2, 0) is 18.4 Å². The SMILES string of the molecule is CC/C=C\C/C=C\C/C=C\C/C=C\C/C=C\C/C=C\C/C=C\C/C=C\C/C=C\C/C=C\CCCCCCC(=O)NC(COP(=O)([O-])OCC[N+](C)(C)C)C(O)CCCCCCCCCCCCCCCC. The van der Waals surface area contributed by atoms with Crippen molar-refractivity contribution in [3.05, 3.63) is 122 Å². The van der Waals surface area contributed by atoms with Crippen molar-refractivity contribution in [2.75, 3.05) is 40.9 Å². The van der Waals surface area contributed by atoms with Gasteiger partial charge in [-0.25, -0.2) is 0 Å². The van der Waals surface area contributed by atoms with Gasteiger partial charge in [-0.3, -0.25) is 9.36 Å². The molecular weight excluding hydrogens is 900 g/mol. The Kier molecular flexibility index (Phi) is 49.5. The largest absolute Gasteiger partial charge is 0.756 e. The van der Waals surface area contributed by atoms with E-state index in [9.17, 15) is 19.4 Å². The second kappa shape index (κ2) is 51.8. The third-order valence-corrected chi connectivity index (χ3v) is 12.9. The highest BCUT2D eigenvalue weighted by atomic mass is 31.2. The minimum Gasteiger partial charge on any atom is -0.756 e. The van der Waals surface area contributed by atoms with E-state index in [1.54, 1.807) is 0 Å². The Balaban J connectivity index is 4.23. The Morgan fingerprint density at radius 3 is 1.25 bits per heavy atom. The molecule has 3 atom stereocenters. The highest BCUT2D eigenvalue weighted by molar-refractivity contribution is 7.45. The number of aliphatic hydroxyl groups excluding tert-OH is 1. The molecule has 0 aliphatic carbocycles. The summed E-state index contributed by atoms with van der Waals surface area (Å²) in [6.07, 6.45) is 76.5. The molecule has 2 N–H and O–H groups in total. The molecule has 0 saturated carbocycles. The van der Waals surface area contributed by atoms with E-state index >= 15 is 0 Å². The molecule has 1 amide bonds. The summed E-state index contributed by atoms with van der Waals surface area (Å²) in [5.74, 6) is -0.194. The zero-order valence-corrected chi connectivity index (χ0v) is 47.0. The summed E-state index contributed by atoms with van der Waals surface area (Å²) in [6, 6.07) is -0.823. The van der Waals surface area contributed by atoms with Crippen molar-refractivity contribution >= 4 is 13.7 Å². The third kappa shape index (κ3) is 54.5. The summed E-state index contributed by atoms with van der Waals surface area (Å²) >= 11 is 0. The predicted molar refractivity (Wildman–Crippen MR) is 306 cm³/mol. The number of nitrogens with zero attached hydrogens (tertiary/aromatic N) is 1. The van der Waals surface area contributed by atoms with Gasteiger partial charge < -0.3 is 28.8 Å². The molecular formula is C62H107N2O6P. The maximum Gasteiger partial charge on any atom is 0.268 e. The molecule has 0 spiro atoms. The smallest absolute Gasteiger partial charge is 0.268 e. The minimum atomic E-state index is -4.59. The zero-order chi connectivity index (χ0) is 52.0. The van der Waals surface area contributed by atoms with Crippen LogP contribution in [0, 0.1) is 0 Å². The fraction of sp³-hybridized carbons (Fsp3) is 0.661. The standard InChI is InChI=1S/C62H107N2O6P/c1-6-8-10-12-14-16-18-20-22-23-24-25-26-27-28-29-30-31-32-33-34-35-36-37-38-39-40-41-42-44-46-48-50-52-54-56-62(66)63-60(59-70-71(67,68)69-58-57-64(3,4)5)61(65)55-53-51-49-47-45-43-21-19-17-15-13-11-9-7-2/h8,10,14,16,20,22,24-25,27-28,30-31,33-34,36-37,39-40,42,44,60-61,65H,6-7,9,11-13,15,17-19,21,23,26,29,32,35,38,41,43,45-59H2,1-5H3,(H-,63,66,67,68)/b10-8-,16-14-,22-20-,25-24-,28-27-,31-30-,34-33-,37-36-,40-39-,44-42-. The minimum absolute atomic E-state index is 0.000348.